The Morgan fingerprint density at radius 3 is 2.67 bits per heavy atom. The minimum Gasteiger partial charge on any atom is -0.319 e. The van der Waals surface area contributed by atoms with Crippen molar-refractivity contribution in [2.24, 2.45) is 5.41 Å². The van der Waals surface area contributed by atoms with Gasteiger partial charge in [-0.1, -0.05) is 20.8 Å². The van der Waals surface area contributed by atoms with Gasteiger partial charge in [0.2, 0.25) is 0 Å². The maximum Gasteiger partial charge on any atom is 0.166 e. The highest BCUT2D eigenvalue weighted by atomic mass is 32.2. The maximum absolute atomic E-state index is 12.1. The summed E-state index contributed by atoms with van der Waals surface area (Å²) >= 11 is 1.75. The summed E-state index contributed by atoms with van der Waals surface area (Å²) in [6.45, 7) is 8.71. The molecule has 0 aromatic heterocycles. The molecule has 1 rings (SSSR count). The van der Waals surface area contributed by atoms with E-state index in [4.69, 9.17) is 0 Å². The van der Waals surface area contributed by atoms with Crippen LogP contribution in [0.1, 0.15) is 20.8 Å². The molecule has 18 heavy (non-hydrogen) atoms. The molecular formula is C12H26N2O2S2. The van der Waals surface area contributed by atoms with Gasteiger partial charge in [-0.2, -0.15) is 11.8 Å². The van der Waals surface area contributed by atoms with E-state index in [9.17, 15) is 8.42 Å². The Labute approximate surface area is 116 Å². The van der Waals surface area contributed by atoms with E-state index in [-0.39, 0.29) is 16.5 Å². The summed E-state index contributed by atoms with van der Waals surface area (Å²) < 4.78 is 24.3. The monoisotopic (exact) mass is 294 g/mol. The number of thioether (sulfide) groups is 1. The highest BCUT2D eigenvalue weighted by Crippen LogP contribution is 2.25. The van der Waals surface area contributed by atoms with Crippen LogP contribution in [0, 0.1) is 5.41 Å². The van der Waals surface area contributed by atoms with E-state index in [0.717, 1.165) is 25.4 Å². The lowest BCUT2D eigenvalue weighted by Crippen LogP contribution is -2.52. The third-order valence-electron chi connectivity index (χ3n) is 3.29. The fraction of sp³-hybridized carbons (Fsp3) is 1.00. The Hall–Kier alpha value is 0.220. The molecule has 1 fully saturated rings. The van der Waals surface area contributed by atoms with Gasteiger partial charge < -0.3 is 5.32 Å². The van der Waals surface area contributed by atoms with Crippen molar-refractivity contribution in [2.45, 2.75) is 26.1 Å². The van der Waals surface area contributed by atoms with Gasteiger partial charge in [-0.05, 0) is 12.5 Å². The first-order valence-corrected chi connectivity index (χ1v) is 9.37. The molecule has 1 heterocycles. The van der Waals surface area contributed by atoms with Crippen molar-refractivity contribution in [3.63, 3.8) is 0 Å². The van der Waals surface area contributed by atoms with Crippen molar-refractivity contribution in [1.29, 1.82) is 0 Å². The molecule has 1 saturated heterocycles. The first-order valence-electron chi connectivity index (χ1n) is 6.50. The first kappa shape index (κ1) is 16.3. The van der Waals surface area contributed by atoms with Crippen LogP contribution in [0.5, 0.6) is 0 Å². The molecule has 0 bridgehead atoms. The predicted molar refractivity (Wildman–Crippen MR) is 79.9 cm³/mol. The Balaban J connectivity index is 2.78. The van der Waals surface area contributed by atoms with E-state index in [1.54, 1.807) is 18.7 Å². The molecule has 108 valence electrons. The van der Waals surface area contributed by atoms with Crippen molar-refractivity contribution < 1.29 is 8.42 Å². The summed E-state index contributed by atoms with van der Waals surface area (Å²) in [5.41, 5.74) is 0.0955. The minimum absolute atomic E-state index is 0.0955. The minimum atomic E-state index is -2.97. The molecule has 0 aromatic carbocycles. The number of hydrogen-bond acceptors (Lipinski definition) is 5. The number of nitrogens with one attached hydrogen (secondary N) is 1. The largest absolute Gasteiger partial charge is 0.319 e. The number of hydrogen-bond donors (Lipinski definition) is 1. The van der Waals surface area contributed by atoms with Crippen LogP contribution in [0.25, 0.3) is 0 Å². The van der Waals surface area contributed by atoms with Crippen molar-refractivity contribution in [1.82, 2.24) is 10.2 Å². The van der Waals surface area contributed by atoms with Crippen LogP contribution in [0.3, 0.4) is 0 Å². The molecule has 1 N–H and O–H groups in total. The van der Waals surface area contributed by atoms with Crippen LogP contribution >= 0.6 is 11.8 Å². The summed E-state index contributed by atoms with van der Waals surface area (Å²) in [4.78, 5) is 2.16. The van der Waals surface area contributed by atoms with Gasteiger partial charge in [-0.25, -0.2) is 8.42 Å². The molecular weight excluding hydrogens is 268 g/mol. The van der Waals surface area contributed by atoms with Gasteiger partial charge in [0.25, 0.3) is 0 Å². The van der Waals surface area contributed by atoms with Crippen LogP contribution in [0.2, 0.25) is 0 Å². The summed E-state index contributed by atoms with van der Waals surface area (Å²) in [6.07, 6.45) is 0. The molecule has 4 nitrogen and oxygen atoms in total. The lowest BCUT2D eigenvalue weighted by atomic mass is 9.92. The van der Waals surface area contributed by atoms with Gasteiger partial charge in [0, 0.05) is 36.9 Å². The quantitative estimate of drug-likeness (QED) is 0.793. The third-order valence-corrected chi connectivity index (χ3v) is 6.63. The molecule has 0 saturated carbocycles. The number of rotatable bonds is 6. The molecule has 0 aliphatic carbocycles. The molecule has 1 aliphatic rings. The van der Waals surface area contributed by atoms with Crippen molar-refractivity contribution in [2.75, 3.05) is 43.9 Å². The average Bonchev–Trinajstić information content (AvgIpc) is 2.28. The van der Waals surface area contributed by atoms with E-state index in [1.165, 1.54) is 0 Å². The highest BCUT2D eigenvalue weighted by Gasteiger charge is 2.35. The summed E-state index contributed by atoms with van der Waals surface area (Å²) in [6, 6.07) is 0. The Morgan fingerprint density at radius 1 is 1.44 bits per heavy atom. The van der Waals surface area contributed by atoms with Crippen LogP contribution in [0.15, 0.2) is 0 Å². The molecule has 6 heteroatoms. The molecule has 1 unspecified atom stereocenters. The third kappa shape index (κ3) is 4.40. The predicted octanol–water partition coefficient (Wildman–Crippen LogP) is 1.04. The SMILES string of the molecule is CCS(=O)(=O)C1CSCCN1CC(C)(C)CNC. The Morgan fingerprint density at radius 2 is 2.11 bits per heavy atom. The molecule has 0 spiro atoms. The van der Waals surface area contributed by atoms with Gasteiger partial charge in [0.15, 0.2) is 9.84 Å². The summed E-state index contributed by atoms with van der Waals surface area (Å²) in [5.74, 6) is 1.98. The summed E-state index contributed by atoms with van der Waals surface area (Å²) in [7, 11) is -1.03. The van der Waals surface area contributed by atoms with Crippen LogP contribution < -0.4 is 5.32 Å². The molecule has 1 aliphatic heterocycles. The molecule has 1 atom stereocenters. The second-order valence-electron chi connectivity index (χ2n) is 5.65. The Bertz CT molecular complexity index is 355. The van der Waals surface area contributed by atoms with Crippen molar-refractivity contribution >= 4 is 21.6 Å². The fourth-order valence-electron chi connectivity index (χ4n) is 2.40. The molecule has 0 aromatic rings. The van der Waals surface area contributed by atoms with Gasteiger partial charge in [-0.3, -0.25) is 4.90 Å². The average molecular weight is 294 g/mol. The second kappa shape index (κ2) is 6.59. The maximum atomic E-state index is 12.1. The fourth-order valence-corrected chi connectivity index (χ4v) is 5.48. The van der Waals surface area contributed by atoms with E-state index in [1.807, 2.05) is 7.05 Å². The van der Waals surface area contributed by atoms with Gasteiger partial charge >= 0.3 is 0 Å². The topological polar surface area (TPSA) is 49.4 Å². The van der Waals surface area contributed by atoms with Crippen LogP contribution in [0.4, 0.5) is 0 Å². The number of sulfone groups is 1. The van der Waals surface area contributed by atoms with Gasteiger partial charge in [0.1, 0.15) is 5.37 Å². The second-order valence-corrected chi connectivity index (χ2v) is 9.24. The van der Waals surface area contributed by atoms with E-state index >= 15 is 0 Å². The van der Waals surface area contributed by atoms with Gasteiger partial charge in [0.05, 0.1) is 0 Å². The first-order chi connectivity index (χ1) is 8.32. The standard InChI is InChI=1S/C12H26N2O2S2/c1-5-18(15,16)11-8-17-7-6-14(11)10-12(2,3)9-13-4/h11,13H,5-10H2,1-4H3. The van der Waals surface area contributed by atoms with Crippen LogP contribution in [-0.2, 0) is 9.84 Å². The zero-order chi connectivity index (χ0) is 13.8. The van der Waals surface area contributed by atoms with Gasteiger partial charge in [-0.15, -0.1) is 0 Å². The molecule has 0 amide bonds. The Kier molecular flexibility index (Phi) is 5.96. The molecule has 0 radical (unpaired) electrons. The normalized spacial score (nSPS) is 23.2. The van der Waals surface area contributed by atoms with Crippen LogP contribution in [-0.4, -0.2) is 62.6 Å². The smallest absolute Gasteiger partial charge is 0.166 e. The number of nitrogens with zero attached hydrogens (tertiary/aromatic N) is 1. The lowest BCUT2D eigenvalue weighted by Gasteiger charge is -2.39. The highest BCUT2D eigenvalue weighted by molar-refractivity contribution is 8.01. The zero-order valence-electron chi connectivity index (χ0n) is 11.9. The summed E-state index contributed by atoms with van der Waals surface area (Å²) in [5, 5.41) is 2.89. The van der Waals surface area contributed by atoms with Crippen molar-refractivity contribution in [3.8, 4) is 0 Å². The van der Waals surface area contributed by atoms with E-state index in [0.29, 0.717) is 5.75 Å². The van der Waals surface area contributed by atoms with E-state index in [2.05, 4.69) is 24.1 Å². The van der Waals surface area contributed by atoms with Crippen molar-refractivity contribution in [3.05, 3.63) is 0 Å². The zero-order valence-corrected chi connectivity index (χ0v) is 13.5. The lowest BCUT2D eigenvalue weighted by molar-refractivity contribution is 0.173. The van der Waals surface area contributed by atoms with E-state index < -0.39 is 9.84 Å².